The lowest BCUT2D eigenvalue weighted by atomic mass is 10.1. The van der Waals surface area contributed by atoms with Gasteiger partial charge in [0.05, 0.1) is 10.7 Å². The van der Waals surface area contributed by atoms with Gasteiger partial charge >= 0.3 is 0 Å². The molecule has 0 saturated heterocycles. The zero-order valence-electron chi connectivity index (χ0n) is 16.1. The number of nitrogens with zero attached hydrogens (tertiary/aromatic N) is 3. The monoisotopic (exact) mass is 415 g/mol. The Morgan fingerprint density at radius 1 is 1.10 bits per heavy atom. The highest BCUT2D eigenvalue weighted by Gasteiger charge is 2.19. The summed E-state index contributed by atoms with van der Waals surface area (Å²) in [7, 11) is 0. The van der Waals surface area contributed by atoms with Crippen LogP contribution in [0.5, 0.6) is 0 Å². The number of nitrogens with one attached hydrogen (secondary N) is 2. The number of hydrogen-bond donors (Lipinski definition) is 2. The van der Waals surface area contributed by atoms with E-state index in [4.69, 9.17) is 11.6 Å². The van der Waals surface area contributed by atoms with Crippen molar-refractivity contribution in [3.05, 3.63) is 69.8 Å². The molecule has 3 aromatic rings. The Morgan fingerprint density at radius 3 is 2.45 bits per heavy atom. The van der Waals surface area contributed by atoms with E-state index in [1.165, 1.54) is 16.8 Å². The molecule has 2 N–H and O–H groups in total. The predicted molar refractivity (Wildman–Crippen MR) is 109 cm³/mol. The lowest BCUT2D eigenvalue weighted by Gasteiger charge is -2.10. The maximum absolute atomic E-state index is 13.2. The summed E-state index contributed by atoms with van der Waals surface area (Å²) < 4.78 is 14.5. The Morgan fingerprint density at radius 2 is 1.79 bits per heavy atom. The third-order valence-corrected chi connectivity index (χ3v) is 4.70. The van der Waals surface area contributed by atoms with E-state index in [1.807, 2.05) is 32.0 Å². The van der Waals surface area contributed by atoms with Crippen molar-refractivity contribution in [1.29, 1.82) is 0 Å². The van der Waals surface area contributed by atoms with E-state index in [1.54, 1.807) is 6.92 Å². The minimum absolute atomic E-state index is 0.0924. The minimum atomic E-state index is -0.573. The van der Waals surface area contributed by atoms with Crippen molar-refractivity contribution >= 4 is 34.8 Å². The van der Waals surface area contributed by atoms with Crippen molar-refractivity contribution in [1.82, 2.24) is 15.0 Å². The number of carbonyl (C=O) groups is 2. The van der Waals surface area contributed by atoms with Crippen molar-refractivity contribution < 1.29 is 14.0 Å². The fourth-order valence-corrected chi connectivity index (χ4v) is 3.00. The Labute approximate surface area is 171 Å². The van der Waals surface area contributed by atoms with Crippen LogP contribution < -0.4 is 10.6 Å². The second-order valence-corrected chi connectivity index (χ2v) is 6.99. The van der Waals surface area contributed by atoms with Crippen LogP contribution >= 0.6 is 11.6 Å². The number of halogens is 2. The predicted octanol–water partition coefficient (Wildman–Crippen LogP) is 3.89. The van der Waals surface area contributed by atoms with E-state index < -0.39 is 17.6 Å². The molecule has 0 aliphatic heterocycles. The van der Waals surface area contributed by atoms with Gasteiger partial charge in [-0.3, -0.25) is 9.59 Å². The van der Waals surface area contributed by atoms with Crippen LogP contribution in [0.2, 0.25) is 5.02 Å². The molecule has 1 heterocycles. The Bertz CT molecular complexity index is 1080. The summed E-state index contributed by atoms with van der Waals surface area (Å²) in [4.78, 5) is 24.9. The van der Waals surface area contributed by atoms with Crippen LogP contribution in [0.4, 0.5) is 15.8 Å². The normalized spacial score (nSPS) is 10.7. The first-order valence-electron chi connectivity index (χ1n) is 8.79. The van der Waals surface area contributed by atoms with Crippen molar-refractivity contribution in [2.24, 2.45) is 0 Å². The number of aryl methyl sites for hydroxylation is 2. The van der Waals surface area contributed by atoms with Gasteiger partial charge in [-0.1, -0.05) is 35.0 Å². The number of anilines is 2. The van der Waals surface area contributed by atoms with Gasteiger partial charge in [-0.05, 0) is 50.1 Å². The van der Waals surface area contributed by atoms with E-state index in [-0.39, 0.29) is 17.3 Å². The van der Waals surface area contributed by atoms with Gasteiger partial charge in [0.25, 0.3) is 5.91 Å². The largest absolute Gasteiger partial charge is 0.324 e. The molecule has 0 aliphatic carbocycles. The lowest BCUT2D eigenvalue weighted by molar-refractivity contribution is -0.117. The first kappa shape index (κ1) is 20.5. The summed E-state index contributed by atoms with van der Waals surface area (Å²) >= 11 is 5.71. The molecule has 0 atom stereocenters. The van der Waals surface area contributed by atoms with Crippen molar-refractivity contribution in [2.45, 2.75) is 27.3 Å². The molecule has 2 aromatic carbocycles. The highest BCUT2D eigenvalue weighted by atomic mass is 35.5. The molecule has 0 aliphatic rings. The molecule has 0 unspecified atom stereocenters. The molecular weight excluding hydrogens is 397 g/mol. The van der Waals surface area contributed by atoms with Crippen LogP contribution in [0, 0.1) is 26.6 Å². The molecule has 0 spiro atoms. The van der Waals surface area contributed by atoms with Crippen molar-refractivity contribution in [2.75, 3.05) is 10.6 Å². The molecule has 0 fully saturated rings. The summed E-state index contributed by atoms with van der Waals surface area (Å²) in [6, 6.07) is 9.59. The summed E-state index contributed by atoms with van der Waals surface area (Å²) in [6.07, 6.45) is 0. The SMILES string of the molecule is Cc1cccc(C)c1NC(=O)c1nnn(CC(=O)Nc2ccc(F)c(Cl)c2)c1C. The molecule has 0 radical (unpaired) electrons. The molecule has 1 aromatic heterocycles. The van der Waals surface area contributed by atoms with Gasteiger partial charge in [0.1, 0.15) is 12.4 Å². The van der Waals surface area contributed by atoms with E-state index in [2.05, 4.69) is 20.9 Å². The number of para-hydroxylation sites is 1. The fraction of sp³-hybridized carbons (Fsp3) is 0.200. The third kappa shape index (κ3) is 4.60. The summed E-state index contributed by atoms with van der Waals surface area (Å²) in [5.41, 5.74) is 3.51. The second-order valence-electron chi connectivity index (χ2n) is 6.58. The molecule has 9 heteroatoms. The van der Waals surface area contributed by atoms with Crippen molar-refractivity contribution in [3.8, 4) is 0 Å². The fourth-order valence-electron chi connectivity index (χ4n) is 2.82. The molecule has 29 heavy (non-hydrogen) atoms. The summed E-state index contributed by atoms with van der Waals surface area (Å²) in [5, 5.41) is 13.2. The smallest absolute Gasteiger partial charge is 0.278 e. The summed E-state index contributed by atoms with van der Waals surface area (Å²) in [5.74, 6) is -1.39. The first-order chi connectivity index (χ1) is 13.8. The van der Waals surface area contributed by atoms with Gasteiger partial charge in [-0.2, -0.15) is 0 Å². The van der Waals surface area contributed by atoms with Gasteiger partial charge < -0.3 is 10.6 Å². The minimum Gasteiger partial charge on any atom is -0.324 e. The second kappa shape index (κ2) is 8.40. The van der Waals surface area contributed by atoms with Crippen molar-refractivity contribution in [3.63, 3.8) is 0 Å². The molecular formula is C20H19ClFN5O2. The Kier molecular flexibility index (Phi) is 5.93. The van der Waals surface area contributed by atoms with Crippen LogP contribution in [-0.2, 0) is 11.3 Å². The first-order valence-corrected chi connectivity index (χ1v) is 9.16. The number of amides is 2. The van der Waals surface area contributed by atoms with Crippen LogP contribution in [0.1, 0.15) is 27.3 Å². The standard InChI is InChI=1S/C20H19ClFN5O2/c1-11-5-4-6-12(2)18(11)24-20(29)19-13(3)27(26-25-19)10-17(28)23-14-7-8-16(22)15(21)9-14/h4-9H,10H2,1-3H3,(H,23,28)(H,24,29). The van der Waals surface area contributed by atoms with E-state index in [0.717, 1.165) is 22.9 Å². The maximum atomic E-state index is 13.2. The van der Waals surface area contributed by atoms with Gasteiger partial charge in [-0.15, -0.1) is 5.10 Å². The van der Waals surface area contributed by atoms with Gasteiger partial charge in [0.2, 0.25) is 5.91 Å². The molecule has 0 saturated carbocycles. The lowest BCUT2D eigenvalue weighted by Crippen LogP contribution is -2.21. The number of hydrogen-bond acceptors (Lipinski definition) is 4. The van der Waals surface area contributed by atoms with E-state index >= 15 is 0 Å². The Balaban J connectivity index is 1.70. The Hall–Kier alpha value is -3.26. The molecule has 0 bridgehead atoms. The van der Waals surface area contributed by atoms with E-state index in [9.17, 15) is 14.0 Å². The van der Waals surface area contributed by atoms with Gasteiger partial charge in [0.15, 0.2) is 5.69 Å². The number of benzene rings is 2. The van der Waals surface area contributed by atoms with E-state index in [0.29, 0.717) is 11.4 Å². The average molecular weight is 416 g/mol. The summed E-state index contributed by atoms with van der Waals surface area (Å²) in [6.45, 7) is 5.29. The third-order valence-electron chi connectivity index (χ3n) is 4.41. The topological polar surface area (TPSA) is 88.9 Å². The quantitative estimate of drug-likeness (QED) is 0.661. The molecule has 7 nitrogen and oxygen atoms in total. The van der Waals surface area contributed by atoms with Gasteiger partial charge in [0, 0.05) is 11.4 Å². The van der Waals surface area contributed by atoms with Crippen LogP contribution in [-0.4, -0.2) is 26.8 Å². The van der Waals surface area contributed by atoms with Crippen LogP contribution in [0.3, 0.4) is 0 Å². The highest BCUT2D eigenvalue weighted by Crippen LogP contribution is 2.21. The molecule has 2 amide bonds. The zero-order valence-corrected chi connectivity index (χ0v) is 16.8. The number of carbonyl (C=O) groups excluding carboxylic acids is 2. The molecule has 150 valence electrons. The zero-order chi connectivity index (χ0) is 21.1. The highest BCUT2D eigenvalue weighted by molar-refractivity contribution is 6.31. The maximum Gasteiger partial charge on any atom is 0.278 e. The molecule has 3 rings (SSSR count). The van der Waals surface area contributed by atoms with Crippen LogP contribution in [0.25, 0.3) is 0 Å². The average Bonchev–Trinajstić information content (AvgIpc) is 3.02. The van der Waals surface area contributed by atoms with Gasteiger partial charge in [-0.25, -0.2) is 9.07 Å². The van der Waals surface area contributed by atoms with Crippen LogP contribution in [0.15, 0.2) is 36.4 Å². The number of rotatable bonds is 5. The number of aromatic nitrogens is 3.